The van der Waals surface area contributed by atoms with Gasteiger partial charge in [-0.3, -0.25) is 4.98 Å². The number of benzene rings is 2. The van der Waals surface area contributed by atoms with Gasteiger partial charge in [0.05, 0.1) is 17.8 Å². The van der Waals surface area contributed by atoms with Gasteiger partial charge in [0.2, 0.25) is 0 Å². The number of anilines is 1. The van der Waals surface area contributed by atoms with Gasteiger partial charge >= 0.3 is 0 Å². The molecule has 0 spiro atoms. The Labute approximate surface area is 206 Å². The Balaban J connectivity index is 1.62. The summed E-state index contributed by atoms with van der Waals surface area (Å²) < 4.78 is 8.12. The van der Waals surface area contributed by atoms with Gasteiger partial charge < -0.3 is 19.5 Å². The summed E-state index contributed by atoms with van der Waals surface area (Å²) in [5, 5.41) is 4.22. The summed E-state index contributed by atoms with van der Waals surface area (Å²) in [6.45, 7) is 6.19. The smallest absolute Gasteiger partial charge is 0.174 e. The first-order chi connectivity index (χ1) is 16.5. The Morgan fingerprint density at radius 3 is 2.41 bits per heavy atom. The maximum Gasteiger partial charge on any atom is 0.174 e. The van der Waals surface area contributed by atoms with E-state index in [-0.39, 0.29) is 18.2 Å². The third-order valence-electron chi connectivity index (χ3n) is 6.04. The lowest BCUT2D eigenvalue weighted by Gasteiger charge is -2.29. The molecular formula is C28H28N4OS. The van der Waals surface area contributed by atoms with Crippen LogP contribution in [0.2, 0.25) is 0 Å². The quantitative estimate of drug-likeness (QED) is 0.344. The molecule has 4 aromatic rings. The maximum absolute atomic E-state index is 5.89. The van der Waals surface area contributed by atoms with Crippen molar-refractivity contribution >= 4 is 23.0 Å². The molecule has 2 aromatic heterocycles. The number of thiocarbonyl (C=S) groups is 1. The summed E-state index contributed by atoms with van der Waals surface area (Å²) in [7, 11) is 0. The highest BCUT2D eigenvalue weighted by atomic mass is 32.1. The molecule has 172 valence electrons. The van der Waals surface area contributed by atoms with Crippen molar-refractivity contribution in [2.45, 2.75) is 39.0 Å². The van der Waals surface area contributed by atoms with Crippen LogP contribution in [0.5, 0.6) is 5.75 Å². The van der Waals surface area contributed by atoms with Crippen molar-refractivity contribution in [3.63, 3.8) is 0 Å². The van der Waals surface area contributed by atoms with Crippen molar-refractivity contribution in [3.05, 3.63) is 108 Å². The largest absolute Gasteiger partial charge is 0.491 e. The number of nitrogens with one attached hydrogen (secondary N) is 1. The minimum absolute atomic E-state index is 0.0890. The van der Waals surface area contributed by atoms with Crippen molar-refractivity contribution in [3.8, 4) is 11.4 Å². The van der Waals surface area contributed by atoms with Crippen molar-refractivity contribution < 1.29 is 4.74 Å². The topological polar surface area (TPSA) is 42.3 Å². The van der Waals surface area contributed by atoms with E-state index in [4.69, 9.17) is 17.0 Å². The van der Waals surface area contributed by atoms with Gasteiger partial charge in [-0.05, 0) is 93.1 Å². The molecule has 5 nitrogen and oxygen atoms in total. The molecule has 0 saturated carbocycles. The van der Waals surface area contributed by atoms with Crippen molar-refractivity contribution in [1.29, 1.82) is 0 Å². The highest BCUT2D eigenvalue weighted by Crippen LogP contribution is 2.42. The maximum atomic E-state index is 5.89. The number of hydrogen-bond acceptors (Lipinski definition) is 3. The van der Waals surface area contributed by atoms with E-state index in [1.54, 1.807) is 0 Å². The number of rotatable bonds is 6. The molecule has 3 heterocycles. The highest BCUT2D eigenvalue weighted by molar-refractivity contribution is 7.80. The van der Waals surface area contributed by atoms with Gasteiger partial charge in [-0.2, -0.15) is 0 Å². The zero-order valence-electron chi connectivity index (χ0n) is 19.6. The number of ether oxygens (including phenoxy) is 1. The lowest BCUT2D eigenvalue weighted by Crippen LogP contribution is -2.30. The Morgan fingerprint density at radius 1 is 0.941 bits per heavy atom. The fourth-order valence-corrected chi connectivity index (χ4v) is 4.93. The molecular weight excluding hydrogens is 440 g/mol. The minimum Gasteiger partial charge on any atom is -0.491 e. The van der Waals surface area contributed by atoms with E-state index in [2.05, 4.69) is 87.5 Å². The normalized spacial score (nSPS) is 17.8. The molecule has 34 heavy (non-hydrogen) atoms. The SMILES string of the molecule is Cc1ccccc1-n1cccc1[C@@H]1[C@H](c2ccccn2)NC(=S)N1c1ccc(OC(C)C)cc1. The van der Waals surface area contributed by atoms with Gasteiger partial charge in [0, 0.05) is 29.5 Å². The molecule has 6 heteroatoms. The first-order valence-electron chi connectivity index (χ1n) is 11.5. The van der Waals surface area contributed by atoms with Crippen LogP contribution in [0.4, 0.5) is 5.69 Å². The first kappa shape index (κ1) is 22.2. The summed E-state index contributed by atoms with van der Waals surface area (Å²) in [6, 6.07) is 26.7. The van der Waals surface area contributed by atoms with E-state index < -0.39 is 0 Å². The molecule has 1 fully saturated rings. The molecule has 0 aliphatic carbocycles. The van der Waals surface area contributed by atoms with E-state index in [0.29, 0.717) is 5.11 Å². The van der Waals surface area contributed by atoms with Gasteiger partial charge in [-0.1, -0.05) is 24.3 Å². The van der Waals surface area contributed by atoms with Crippen LogP contribution in [0.25, 0.3) is 5.69 Å². The summed E-state index contributed by atoms with van der Waals surface area (Å²) >= 11 is 5.89. The van der Waals surface area contributed by atoms with E-state index >= 15 is 0 Å². The Morgan fingerprint density at radius 2 is 1.71 bits per heavy atom. The second-order valence-corrected chi connectivity index (χ2v) is 9.13. The number of aryl methyl sites for hydroxylation is 1. The Hall–Kier alpha value is -3.64. The molecule has 2 aromatic carbocycles. The Kier molecular flexibility index (Phi) is 6.07. The van der Waals surface area contributed by atoms with Crippen LogP contribution in [0.15, 0.2) is 91.3 Å². The van der Waals surface area contributed by atoms with Gasteiger partial charge in [-0.25, -0.2) is 0 Å². The van der Waals surface area contributed by atoms with Crippen LogP contribution in [-0.4, -0.2) is 20.8 Å². The van der Waals surface area contributed by atoms with E-state index in [1.807, 2.05) is 44.3 Å². The van der Waals surface area contributed by atoms with Gasteiger partial charge in [-0.15, -0.1) is 0 Å². The predicted molar refractivity (Wildman–Crippen MR) is 141 cm³/mol. The van der Waals surface area contributed by atoms with Crippen LogP contribution in [0, 0.1) is 6.92 Å². The molecule has 2 atom stereocenters. The average molecular weight is 469 g/mol. The Bertz CT molecular complexity index is 1280. The number of pyridine rings is 1. The average Bonchev–Trinajstić information content (AvgIpc) is 3.44. The molecule has 0 radical (unpaired) electrons. The van der Waals surface area contributed by atoms with E-state index in [0.717, 1.165) is 28.5 Å². The predicted octanol–water partition coefficient (Wildman–Crippen LogP) is 6.15. The van der Waals surface area contributed by atoms with Crippen LogP contribution in [-0.2, 0) is 0 Å². The standard InChI is InChI=1S/C28H28N4OS/c1-19(2)33-22-15-13-21(14-16-22)32-27(26(30-28(32)34)23-10-6-7-17-29-23)25-12-8-18-31(25)24-11-5-4-9-20(24)3/h4-19,26-27H,1-3H3,(H,30,34)/t26-,27+/m0/s1. The third-order valence-corrected chi connectivity index (χ3v) is 6.36. The number of aromatic nitrogens is 2. The van der Waals surface area contributed by atoms with E-state index in [9.17, 15) is 0 Å². The van der Waals surface area contributed by atoms with Gasteiger partial charge in [0.1, 0.15) is 11.8 Å². The number of nitrogens with zero attached hydrogens (tertiary/aromatic N) is 3. The summed E-state index contributed by atoms with van der Waals surface area (Å²) in [4.78, 5) is 6.86. The van der Waals surface area contributed by atoms with Gasteiger partial charge in [0.15, 0.2) is 5.11 Å². The van der Waals surface area contributed by atoms with Crippen molar-refractivity contribution in [1.82, 2.24) is 14.9 Å². The zero-order chi connectivity index (χ0) is 23.7. The third kappa shape index (κ3) is 4.17. The molecule has 5 rings (SSSR count). The summed E-state index contributed by atoms with van der Waals surface area (Å²) in [5.74, 6) is 0.845. The second kappa shape index (κ2) is 9.31. The molecule has 0 amide bonds. The van der Waals surface area contributed by atoms with E-state index in [1.165, 1.54) is 5.56 Å². The molecule has 1 saturated heterocycles. The molecule has 0 unspecified atom stereocenters. The minimum atomic E-state index is -0.0991. The highest BCUT2D eigenvalue weighted by Gasteiger charge is 2.42. The molecule has 1 N–H and O–H groups in total. The van der Waals surface area contributed by atoms with Crippen molar-refractivity contribution in [2.24, 2.45) is 0 Å². The van der Waals surface area contributed by atoms with Crippen LogP contribution in [0.1, 0.15) is 42.9 Å². The first-order valence-corrected chi connectivity index (χ1v) is 11.9. The fraction of sp³-hybridized carbons (Fsp3) is 0.214. The molecule has 1 aliphatic heterocycles. The van der Waals surface area contributed by atoms with Crippen molar-refractivity contribution in [2.75, 3.05) is 4.90 Å². The van der Waals surface area contributed by atoms with Gasteiger partial charge in [0.25, 0.3) is 0 Å². The summed E-state index contributed by atoms with van der Waals surface area (Å²) in [5.41, 5.74) is 5.47. The van der Waals surface area contributed by atoms with Crippen LogP contribution >= 0.6 is 12.2 Å². The van der Waals surface area contributed by atoms with Crippen LogP contribution in [0.3, 0.4) is 0 Å². The number of para-hydroxylation sites is 1. The molecule has 1 aliphatic rings. The summed E-state index contributed by atoms with van der Waals surface area (Å²) in [6.07, 6.45) is 4.07. The monoisotopic (exact) mass is 468 g/mol. The van der Waals surface area contributed by atoms with Crippen LogP contribution < -0.4 is 15.0 Å². The number of hydrogen-bond donors (Lipinski definition) is 1. The second-order valence-electron chi connectivity index (χ2n) is 8.75. The fourth-order valence-electron chi connectivity index (χ4n) is 4.58. The lowest BCUT2D eigenvalue weighted by molar-refractivity contribution is 0.242. The molecule has 0 bridgehead atoms. The zero-order valence-corrected chi connectivity index (χ0v) is 20.4. The lowest BCUT2D eigenvalue weighted by atomic mass is 10.0.